The number of esters is 2. The largest absolute Gasteiger partial charge is 0.472 e. The quantitative estimate of drug-likeness (QED) is 0.188. The molecule has 0 amide bonds. The lowest BCUT2D eigenvalue weighted by Gasteiger charge is -2.20. The highest BCUT2D eigenvalue weighted by atomic mass is 31.2. The van der Waals surface area contributed by atoms with Crippen LogP contribution in [0, 0.1) is 0 Å². The van der Waals surface area contributed by atoms with Crippen molar-refractivity contribution in [3.05, 3.63) is 12.2 Å². The van der Waals surface area contributed by atoms with E-state index in [-0.39, 0.29) is 19.4 Å². The lowest BCUT2D eigenvalue weighted by Crippen LogP contribution is -2.29. The van der Waals surface area contributed by atoms with Gasteiger partial charge in [0.05, 0.1) is 26.2 Å². The molecule has 0 saturated carbocycles. The molecule has 164 valence electrons. The van der Waals surface area contributed by atoms with Crippen molar-refractivity contribution in [1.29, 1.82) is 0 Å². The summed E-state index contributed by atoms with van der Waals surface area (Å²) >= 11 is 0. The van der Waals surface area contributed by atoms with Crippen LogP contribution in [0.1, 0.15) is 46.0 Å². The van der Waals surface area contributed by atoms with Gasteiger partial charge in [-0.3, -0.25) is 18.6 Å². The molecule has 0 heterocycles. The molecule has 0 bridgehead atoms. The Morgan fingerprint density at radius 1 is 1.07 bits per heavy atom. The minimum absolute atomic E-state index is 0.0475. The molecule has 0 fully saturated rings. The fraction of sp³-hybridized carbons (Fsp3) is 0.765. The number of carbonyl (C=O) groups excluding carboxylic acids is 2. The van der Waals surface area contributed by atoms with E-state index < -0.39 is 51.8 Å². The smallest absolute Gasteiger partial charge is 0.461 e. The topological polar surface area (TPSA) is 149 Å². The number of ether oxygens (including phenoxy) is 2. The number of aliphatic hydroxyl groups is 2. The molecule has 0 rings (SSSR count). The summed E-state index contributed by atoms with van der Waals surface area (Å²) in [4.78, 5) is 33.0. The van der Waals surface area contributed by atoms with Gasteiger partial charge in [-0.05, 0) is 12.8 Å². The number of phosphoric ester groups is 1. The summed E-state index contributed by atoms with van der Waals surface area (Å²) in [5.41, 5.74) is 0. The molecule has 0 spiro atoms. The first-order chi connectivity index (χ1) is 13.2. The van der Waals surface area contributed by atoms with Gasteiger partial charge in [-0.2, -0.15) is 0 Å². The molecule has 0 aromatic heterocycles. The second-order valence-electron chi connectivity index (χ2n) is 5.88. The SMILES string of the molecule is CC/C=C/CC(=O)OC[C@H](COP(=O)(O)OC[C@@H](O)CO)OC(=O)CCCC. The zero-order chi connectivity index (χ0) is 21.4. The van der Waals surface area contributed by atoms with Gasteiger partial charge in [-0.1, -0.05) is 32.4 Å². The summed E-state index contributed by atoms with van der Waals surface area (Å²) in [6.07, 6.45) is 3.35. The van der Waals surface area contributed by atoms with Crippen LogP contribution in [0.15, 0.2) is 12.2 Å². The molecule has 0 aliphatic carbocycles. The third-order valence-corrected chi connectivity index (χ3v) is 4.16. The van der Waals surface area contributed by atoms with E-state index in [9.17, 15) is 19.0 Å². The van der Waals surface area contributed by atoms with E-state index in [2.05, 4.69) is 4.52 Å². The summed E-state index contributed by atoms with van der Waals surface area (Å²) in [5, 5.41) is 17.8. The van der Waals surface area contributed by atoms with Crippen molar-refractivity contribution in [2.24, 2.45) is 0 Å². The van der Waals surface area contributed by atoms with Crippen LogP contribution in [0.3, 0.4) is 0 Å². The number of hydrogen-bond acceptors (Lipinski definition) is 9. The third kappa shape index (κ3) is 14.7. The van der Waals surface area contributed by atoms with Crippen LogP contribution in [-0.4, -0.2) is 65.7 Å². The van der Waals surface area contributed by atoms with Gasteiger partial charge in [0.15, 0.2) is 6.10 Å². The molecule has 0 radical (unpaired) electrons. The van der Waals surface area contributed by atoms with Gasteiger partial charge in [0.25, 0.3) is 0 Å². The van der Waals surface area contributed by atoms with Crippen molar-refractivity contribution in [1.82, 2.24) is 0 Å². The molecule has 10 nitrogen and oxygen atoms in total. The molecule has 0 aromatic rings. The van der Waals surface area contributed by atoms with E-state index in [0.29, 0.717) is 6.42 Å². The van der Waals surface area contributed by atoms with Crippen LogP contribution < -0.4 is 0 Å². The van der Waals surface area contributed by atoms with Gasteiger partial charge < -0.3 is 24.6 Å². The molecule has 0 aliphatic heterocycles. The van der Waals surface area contributed by atoms with E-state index in [1.54, 1.807) is 12.2 Å². The van der Waals surface area contributed by atoms with E-state index in [1.165, 1.54) is 0 Å². The molecule has 0 saturated heterocycles. The fourth-order valence-electron chi connectivity index (χ4n) is 1.72. The van der Waals surface area contributed by atoms with E-state index in [0.717, 1.165) is 12.8 Å². The predicted octanol–water partition coefficient (Wildman–Crippen LogP) is 1.47. The number of allylic oxidation sites excluding steroid dienone is 1. The maximum atomic E-state index is 11.8. The molecular weight excluding hydrogens is 395 g/mol. The van der Waals surface area contributed by atoms with Crippen LogP contribution in [0.4, 0.5) is 0 Å². The first kappa shape index (κ1) is 26.7. The van der Waals surface area contributed by atoms with Crippen LogP contribution >= 0.6 is 7.82 Å². The Morgan fingerprint density at radius 2 is 1.75 bits per heavy atom. The van der Waals surface area contributed by atoms with Gasteiger partial charge in [0, 0.05) is 6.42 Å². The molecule has 0 aliphatic rings. The number of aliphatic hydroxyl groups excluding tert-OH is 2. The minimum Gasteiger partial charge on any atom is -0.461 e. The number of phosphoric acid groups is 1. The monoisotopic (exact) mass is 426 g/mol. The highest BCUT2D eigenvalue weighted by molar-refractivity contribution is 7.47. The average Bonchev–Trinajstić information content (AvgIpc) is 2.66. The van der Waals surface area contributed by atoms with Gasteiger partial charge >= 0.3 is 19.8 Å². The predicted molar refractivity (Wildman–Crippen MR) is 99.2 cm³/mol. The third-order valence-electron chi connectivity index (χ3n) is 3.21. The van der Waals surface area contributed by atoms with Crippen LogP contribution in [-0.2, 0) is 32.7 Å². The van der Waals surface area contributed by atoms with Crippen molar-refractivity contribution in [3.8, 4) is 0 Å². The van der Waals surface area contributed by atoms with Crippen LogP contribution in [0.5, 0.6) is 0 Å². The Morgan fingerprint density at radius 3 is 2.36 bits per heavy atom. The summed E-state index contributed by atoms with van der Waals surface area (Å²) < 4.78 is 31.2. The van der Waals surface area contributed by atoms with E-state index in [1.807, 2.05) is 13.8 Å². The van der Waals surface area contributed by atoms with Gasteiger partial charge in [-0.25, -0.2) is 4.57 Å². The number of carbonyl (C=O) groups is 2. The second kappa shape index (κ2) is 15.6. The molecule has 1 unspecified atom stereocenters. The molecular formula is C17H31O10P. The van der Waals surface area contributed by atoms with E-state index in [4.69, 9.17) is 24.2 Å². The van der Waals surface area contributed by atoms with E-state index >= 15 is 0 Å². The summed E-state index contributed by atoms with van der Waals surface area (Å²) in [6, 6.07) is 0. The first-order valence-electron chi connectivity index (χ1n) is 9.14. The molecule has 28 heavy (non-hydrogen) atoms. The Balaban J connectivity index is 4.65. The molecule has 3 N–H and O–H groups in total. The Kier molecular flexibility index (Phi) is 14.9. The van der Waals surface area contributed by atoms with Crippen molar-refractivity contribution in [2.75, 3.05) is 26.4 Å². The summed E-state index contributed by atoms with van der Waals surface area (Å²) in [7, 11) is -4.56. The normalized spacial score (nSPS) is 15.8. The summed E-state index contributed by atoms with van der Waals surface area (Å²) in [5.74, 6) is -1.10. The van der Waals surface area contributed by atoms with Gasteiger partial charge in [0.2, 0.25) is 0 Å². The van der Waals surface area contributed by atoms with Crippen molar-refractivity contribution >= 4 is 19.8 Å². The van der Waals surface area contributed by atoms with Gasteiger partial charge in [-0.15, -0.1) is 0 Å². The Hall–Kier alpha value is -1.29. The Labute approximate surface area is 165 Å². The highest BCUT2D eigenvalue weighted by Crippen LogP contribution is 2.43. The molecule has 0 aromatic carbocycles. The first-order valence-corrected chi connectivity index (χ1v) is 10.6. The fourth-order valence-corrected chi connectivity index (χ4v) is 2.51. The minimum atomic E-state index is -4.56. The lowest BCUT2D eigenvalue weighted by molar-refractivity contribution is -0.160. The maximum absolute atomic E-state index is 11.8. The molecule has 3 atom stereocenters. The zero-order valence-electron chi connectivity index (χ0n) is 16.3. The van der Waals surface area contributed by atoms with Crippen molar-refractivity contribution < 1.29 is 47.8 Å². The lowest BCUT2D eigenvalue weighted by atomic mass is 10.2. The van der Waals surface area contributed by atoms with Crippen molar-refractivity contribution in [2.45, 2.75) is 58.2 Å². The average molecular weight is 426 g/mol. The van der Waals surface area contributed by atoms with Crippen molar-refractivity contribution in [3.63, 3.8) is 0 Å². The highest BCUT2D eigenvalue weighted by Gasteiger charge is 2.26. The van der Waals surface area contributed by atoms with Gasteiger partial charge in [0.1, 0.15) is 12.7 Å². The van der Waals surface area contributed by atoms with Crippen LogP contribution in [0.25, 0.3) is 0 Å². The zero-order valence-corrected chi connectivity index (χ0v) is 17.2. The number of rotatable bonds is 16. The second-order valence-corrected chi connectivity index (χ2v) is 7.33. The Bertz CT molecular complexity index is 522. The summed E-state index contributed by atoms with van der Waals surface area (Å²) in [6.45, 7) is 1.64. The number of unbranched alkanes of at least 4 members (excludes halogenated alkanes) is 1. The standard InChI is InChI=1S/C17H31O10P/c1-3-5-7-9-16(20)24-12-15(27-17(21)8-6-4-2)13-26-28(22,23)25-11-14(19)10-18/h5,7,14-15,18-19H,3-4,6,8-13H2,1-2H3,(H,22,23)/b7-5+/t14-,15+/m0/s1. The molecule has 11 heteroatoms. The maximum Gasteiger partial charge on any atom is 0.472 e. The van der Waals surface area contributed by atoms with Crippen LogP contribution in [0.2, 0.25) is 0 Å². The number of hydrogen-bond donors (Lipinski definition) is 3.